The van der Waals surface area contributed by atoms with E-state index in [0.717, 1.165) is 49.0 Å². The molecule has 0 aromatic heterocycles. The van der Waals surface area contributed by atoms with Crippen LogP contribution in [0.1, 0.15) is 95.6 Å². The molecular weight excluding hydrogens is 458 g/mol. The van der Waals surface area contributed by atoms with Crippen molar-refractivity contribution in [1.82, 2.24) is 0 Å². The van der Waals surface area contributed by atoms with Crippen molar-refractivity contribution >= 4 is 5.97 Å². The second-order valence-electron chi connectivity index (χ2n) is 11.1. The van der Waals surface area contributed by atoms with Crippen LogP contribution in [-0.4, -0.2) is 43.8 Å². The molecule has 0 aliphatic heterocycles. The third kappa shape index (κ3) is 14.3. The monoisotopic (exact) mass is 510 g/mol. The van der Waals surface area contributed by atoms with E-state index in [4.69, 9.17) is 9.47 Å². The Morgan fingerprint density at radius 3 is 2.14 bits per heavy atom. The molecule has 0 bridgehead atoms. The highest BCUT2D eigenvalue weighted by molar-refractivity contribution is 5.69. The minimum atomic E-state index is -0.125. The lowest BCUT2D eigenvalue weighted by Gasteiger charge is -2.30. The smallest absolute Gasteiger partial charge is 0.305 e. The van der Waals surface area contributed by atoms with Crippen molar-refractivity contribution in [3.63, 3.8) is 0 Å². The topological polar surface area (TPSA) is 35.5 Å². The van der Waals surface area contributed by atoms with Crippen LogP contribution in [0.25, 0.3) is 0 Å². The number of carbonyl (C=O) groups excluding carboxylic acids is 1. The van der Waals surface area contributed by atoms with Crippen molar-refractivity contribution in [2.24, 2.45) is 0 Å². The maximum atomic E-state index is 12.3. The SMILES string of the molecule is CCCCCCCCCc1ccc(OC(CC)COC(=O)CCCC[N+](C)(C)Cc2ccccc2)cc1. The van der Waals surface area contributed by atoms with Crippen molar-refractivity contribution in [2.45, 2.75) is 104 Å². The summed E-state index contributed by atoms with van der Waals surface area (Å²) >= 11 is 0. The van der Waals surface area contributed by atoms with Crippen LogP contribution in [0.2, 0.25) is 0 Å². The number of aryl methyl sites for hydroxylation is 1. The van der Waals surface area contributed by atoms with Gasteiger partial charge in [0, 0.05) is 12.0 Å². The Kier molecular flexibility index (Phi) is 15.0. The molecule has 0 N–H and O–H groups in total. The van der Waals surface area contributed by atoms with Crippen molar-refractivity contribution in [3.05, 3.63) is 65.7 Å². The summed E-state index contributed by atoms with van der Waals surface area (Å²) in [5, 5.41) is 0. The van der Waals surface area contributed by atoms with E-state index in [1.54, 1.807) is 0 Å². The minimum Gasteiger partial charge on any atom is -0.487 e. The number of hydrogen-bond donors (Lipinski definition) is 0. The second kappa shape index (κ2) is 18.0. The predicted molar refractivity (Wildman–Crippen MR) is 155 cm³/mol. The summed E-state index contributed by atoms with van der Waals surface area (Å²) in [5.41, 5.74) is 2.71. The van der Waals surface area contributed by atoms with Crippen LogP contribution in [-0.2, 0) is 22.5 Å². The lowest BCUT2D eigenvalue weighted by atomic mass is 10.0. The number of carbonyl (C=O) groups is 1. The Morgan fingerprint density at radius 1 is 0.784 bits per heavy atom. The molecule has 0 saturated carbocycles. The minimum absolute atomic E-state index is 0.112. The molecule has 4 nitrogen and oxygen atoms in total. The fourth-order valence-electron chi connectivity index (χ4n) is 4.67. The normalized spacial score (nSPS) is 12.3. The van der Waals surface area contributed by atoms with Gasteiger partial charge in [0.15, 0.2) is 0 Å². The van der Waals surface area contributed by atoms with Gasteiger partial charge in [-0.3, -0.25) is 4.79 Å². The van der Waals surface area contributed by atoms with E-state index in [-0.39, 0.29) is 12.1 Å². The zero-order valence-electron chi connectivity index (χ0n) is 24.1. The number of unbranched alkanes of at least 4 members (excludes halogenated alkanes) is 7. The van der Waals surface area contributed by atoms with Gasteiger partial charge >= 0.3 is 5.97 Å². The summed E-state index contributed by atoms with van der Waals surface area (Å²) in [6.07, 6.45) is 13.5. The highest BCUT2D eigenvalue weighted by Gasteiger charge is 2.16. The van der Waals surface area contributed by atoms with Gasteiger partial charge in [-0.15, -0.1) is 0 Å². The Morgan fingerprint density at radius 2 is 1.46 bits per heavy atom. The molecule has 0 aliphatic rings. The fourth-order valence-corrected chi connectivity index (χ4v) is 4.67. The zero-order chi connectivity index (χ0) is 26.8. The molecule has 2 aromatic carbocycles. The molecule has 1 unspecified atom stereocenters. The molecule has 0 fully saturated rings. The summed E-state index contributed by atoms with van der Waals surface area (Å²) < 4.78 is 12.6. The van der Waals surface area contributed by atoms with Gasteiger partial charge in [-0.25, -0.2) is 0 Å². The molecule has 0 amide bonds. The Hall–Kier alpha value is -2.33. The Bertz CT molecular complexity index is 848. The molecule has 1 atom stereocenters. The molecule has 2 aromatic rings. The standard InChI is InChI=1S/C33H52NO3/c1-5-7-8-9-10-11-13-18-29-22-24-32(25-23-29)37-31(6-2)28-36-33(35)21-16-17-26-34(3,4)27-30-19-14-12-15-20-30/h12,14-15,19-20,22-25,31H,5-11,13,16-18,21,26-28H2,1-4H3/q+1. The predicted octanol–water partition coefficient (Wildman–Crippen LogP) is 8.13. The first kappa shape index (κ1) is 30.9. The Balaban J connectivity index is 1.59. The van der Waals surface area contributed by atoms with E-state index in [9.17, 15) is 4.79 Å². The number of rotatable bonds is 20. The maximum absolute atomic E-state index is 12.3. The molecule has 4 heteroatoms. The van der Waals surface area contributed by atoms with Crippen molar-refractivity contribution in [1.29, 1.82) is 0 Å². The molecular formula is C33H52NO3+. The van der Waals surface area contributed by atoms with Crippen molar-refractivity contribution in [2.75, 3.05) is 27.2 Å². The third-order valence-electron chi connectivity index (χ3n) is 7.03. The summed E-state index contributed by atoms with van der Waals surface area (Å²) in [5.74, 6) is 0.727. The van der Waals surface area contributed by atoms with E-state index in [1.165, 1.54) is 56.1 Å². The average molecular weight is 511 g/mol. The zero-order valence-corrected chi connectivity index (χ0v) is 24.1. The third-order valence-corrected chi connectivity index (χ3v) is 7.03. The highest BCUT2D eigenvalue weighted by atomic mass is 16.6. The quantitative estimate of drug-likeness (QED) is 0.102. The first-order chi connectivity index (χ1) is 17.9. The second-order valence-corrected chi connectivity index (χ2v) is 11.1. The summed E-state index contributed by atoms with van der Waals surface area (Å²) in [6.45, 7) is 6.68. The van der Waals surface area contributed by atoms with Crippen LogP contribution in [0, 0.1) is 0 Å². The number of nitrogens with zero attached hydrogens (tertiary/aromatic N) is 1. The Labute approximate surface area is 227 Å². The van der Waals surface area contributed by atoms with Crippen LogP contribution in [0.5, 0.6) is 5.75 Å². The lowest BCUT2D eigenvalue weighted by molar-refractivity contribution is -0.903. The van der Waals surface area contributed by atoms with Gasteiger partial charge in [-0.1, -0.05) is 94.8 Å². The lowest BCUT2D eigenvalue weighted by Crippen LogP contribution is -2.39. The van der Waals surface area contributed by atoms with Crippen molar-refractivity contribution < 1.29 is 18.8 Å². The summed E-state index contributed by atoms with van der Waals surface area (Å²) in [4.78, 5) is 12.3. The van der Waals surface area contributed by atoms with Crippen LogP contribution in [0.15, 0.2) is 54.6 Å². The molecule has 206 valence electrons. The molecule has 0 heterocycles. The highest BCUT2D eigenvalue weighted by Crippen LogP contribution is 2.18. The van der Waals surface area contributed by atoms with Gasteiger partial charge in [0.1, 0.15) is 25.0 Å². The summed E-state index contributed by atoms with van der Waals surface area (Å²) in [7, 11) is 4.49. The number of ether oxygens (including phenoxy) is 2. The van der Waals surface area contributed by atoms with Gasteiger partial charge in [-0.2, -0.15) is 0 Å². The van der Waals surface area contributed by atoms with Gasteiger partial charge in [0.05, 0.1) is 20.6 Å². The number of benzene rings is 2. The average Bonchev–Trinajstić information content (AvgIpc) is 2.89. The summed E-state index contributed by atoms with van der Waals surface area (Å²) in [6, 6.07) is 19.0. The van der Waals surface area contributed by atoms with Crippen LogP contribution in [0.4, 0.5) is 0 Å². The van der Waals surface area contributed by atoms with Gasteiger partial charge in [-0.05, 0) is 49.8 Å². The molecule has 0 spiro atoms. The molecule has 0 saturated heterocycles. The first-order valence-electron chi connectivity index (χ1n) is 14.7. The molecule has 2 rings (SSSR count). The van der Waals surface area contributed by atoms with E-state index < -0.39 is 0 Å². The molecule has 37 heavy (non-hydrogen) atoms. The number of quaternary nitrogens is 1. The van der Waals surface area contributed by atoms with Gasteiger partial charge in [0.2, 0.25) is 0 Å². The van der Waals surface area contributed by atoms with E-state index >= 15 is 0 Å². The van der Waals surface area contributed by atoms with Gasteiger partial charge < -0.3 is 14.0 Å². The fraction of sp³-hybridized carbons (Fsp3) is 0.606. The van der Waals surface area contributed by atoms with Crippen molar-refractivity contribution in [3.8, 4) is 5.75 Å². The number of hydrogen-bond acceptors (Lipinski definition) is 3. The molecule has 0 radical (unpaired) electrons. The van der Waals surface area contributed by atoms with Crippen LogP contribution >= 0.6 is 0 Å². The van der Waals surface area contributed by atoms with Crippen LogP contribution in [0.3, 0.4) is 0 Å². The van der Waals surface area contributed by atoms with Crippen LogP contribution < -0.4 is 4.74 Å². The van der Waals surface area contributed by atoms with E-state index in [2.05, 4.69) is 82.5 Å². The van der Waals surface area contributed by atoms with E-state index in [1.807, 2.05) is 0 Å². The van der Waals surface area contributed by atoms with Gasteiger partial charge in [0.25, 0.3) is 0 Å². The largest absolute Gasteiger partial charge is 0.487 e. The molecule has 0 aliphatic carbocycles. The first-order valence-corrected chi connectivity index (χ1v) is 14.7. The number of esters is 1. The maximum Gasteiger partial charge on any atom is 0.305 e. The van der Waals surface area contributed by atoms with E-state index in [0.29, 0.717) is 13.0 Å².